The van der Waals surface area contributed by atoms with Gasteiger partial charge in [0.25, 0.3) is 5.91 Å². The van der Waals surface area contributed by atoms with Crippen LogP contribution in [0.25, 0.3) is 0 Å². The molecule has 7 nitrogen and oxygen atoms in total. The van der Waals surface area contributed by atoms with Gasteiger partial charge in [-0.25, -0.2) is 4.98 Å². The van der Waals surface area contributed by atoms with Crippen molar-refractivity contribution < 1.29 is 19.0 Å². The molecule has 1 fully saturated rings. The first-order valence-corrected chi connectivity index (χ1v) is 9.00. The lowest BCUT2D eigenvalue weighted by atomic mass is 10.1. The summed E-state index contributed by atoms with van der Waals surface area (Å²) in [5.41, 5.74) is 0.602. The number of methoxy groups -OCH3 is 1. The van der Waals surface area contributed by atoms with Gasteiger partial charge in [-0.15, -0.1) is 0 Å². The highest BCUT2D eigenvalue weighted by Gasteiger charge is 2.18. The molecule has 0 bridgehead atoms. The molecule has 1 N–H and O–H groups in total. The van der Waals surface area contributed by atoms with Crippen molar-refractivity contribution in [1.29, 1.82) is 0 Å². The van der Waals surface area contributed by atoms with Crippen molar-refractivity contribution in [2.75, 3.05) is 39.2 Å². The standard InChI is InChI=1S/C20H25N3O4/c1-23-10-8-16(9-11-23)27-20-7-6-15(13-21-20)22-19(24)14-26-18-5-3-4-17(12-18)25-2/h3-7,12-13,16H,8-11,14H2,1-2H3,(H,22,24). The Bertz CT molecular complexity index is 743. The van der Waals surface area contributed by atoms with Crippen molar-refractivity contribution in [2.45, 2.75) is 18.9 Å². The van der Waals surface area contributed by atoms with E-state index in [0.29, 0.717) is 23.1 Å². The van der Waals surface area contributed by atoms with E-state index in [1.165, 1.54) is 0 Å². The van der Waals surface area contributed by atoms with Crippen LogP contribution in [0, 0.1) is 0 Å². The van der Waals surface area contributed by atoms with Crippen LogP contribution < -0.4 is 19.5 Å². The van der Waals surface area contributed by atoms with Crippen molar-refractivity contribution in [2.24, 2.45) is 0 Å². The molecule has 0 unspecified atom stereocenters. The molecule has 1 aliphatic heterocycles. The Hall–Kier alpha value is -2.80. The molecule has 2 aromatic rings. The van der Waals surface area contributed by atoms with Gasteiger partial charge in [0, 0.05) is 25.2 Å². The summed E-state index contributed by atoms with van der Waals surface area (Å²) in [6.07, 6.45) is 3.79. The van der Waals surface area contributed by atoms with Gasteiger partial charge in [-0.1, -0.05) is 6.07 Å². The quantitative estimate of drug-likeness (QED) is 0.807. The number of benzene rings is 1. The fraction of sp³-hybridized carbons (Fsp3) is 0.400. The summed E-state index contributed by atoms with van der Waals surface area (Å²) in [5.74, 6) is 1.57. The molecule has 0 radical (unpaired) electrons. The number of nitrogens with one attached hydrogen (secondary N) is 1. The van der Waals surface area contributed by atoms with Crippen LogP contribution in [0.3, 0.4) is 0 Å². The predicted molar refractivity (Wildman–Crippen MR) is 103 cm³/mol. The summed E-state index contributed by atoms with van der Waals surface area (Å²) >= 11 is 0. The second-order valence-electron chi connectivity index (χ2n) is 6.52. The number of aromatic nitrogens is 1. The average molecular weight is 371 g/mol. The maximum atomic E-state index is 12.0. The first-order chi connectivity index (χ1) is 13.1. The molecular weight excluding hydrogens is 346 g/mol. The van der Waals surface area contributed by atoms with Gasteiger partial charge in [-0.3, -0.25) is 4.79 Å². The van der Waals surface area contributed by atoms with Crippen LogP contribution in [-0.4, -0.2) is 55.7 Å². The summed E-state index contributed by atoms with van der Waals surface area (Å²) in [6.45, 7) is 1.97. The number of anilines is 1. The molecular formula is C20H25N3O4. The summed E-state index contributed by atoms with van der Waals surface area (Å²) in [5, 5.41) is 2.76. The smallest absolute Gasteiger partial charge is 0.262 e. The van der Waals surface area contributed by atoms with Gasteiger partial charge in [-0.05, 0) is 38.1 Å². The van der Waals surface area contributed by atoms with Gasteiger partial charge in [0.1, 0.15) is 17.6 Å². The van der Waals surface area contributed by atoms with E-state index in [4.69, 9.17) is 14.2 Å². The van der Waals surface area contributed by atoms with Gasteiger partial charge in [0.2, 0.25) is 5.88 Å². The molecule has 0 aliphatic carbocycles. The van der Waals surface area contributed by atoms with Crippen molar-refractivity contribution in [1.82, 2.24) is 9.88 Å². The van der Waals surface area contributed by atoms with Crippen LogP contribution in [0.15, 0.2) is 42.6 Å². The van der Waals surface area contributed by atoms with Crippen LogP contribution in [0.2, 0.25) is 0 Å². The number of piperidine rings is 1. The third-order valence-electron chi connectivity index (χ3n) is 4.38. The molecule has 27 heavy (non-hydrogen) atoms. The molecule has 1 aromatic heterocycles. The molecule has 1 amide bonds. The minimum atomic E-state index is -0.261. The van der Waals surface area contributed by atoms with E-state index in [1.54, 1.807) is 43.6 Å². The Morgan fingerprint density at radius 2 is 2.00 bits per heavy atom. The Morgan fingerprint density at radius 3 is 2.70 bits per heavy atom. The number of hydrogen-bond donors (Lipinski definition) is 1. The fourth-order valence-corrected chi connectivity index (χ4v) is 2.83. The second kappa shape index (κ2) is 9.23. The topological polar surface area (TPSA) is 72.9 Å². The first kappa shape index (κ1) is 19.0. The molecule has 0 saturated carbocycles. The Kier molecular flexibility index (Phi) is 6.49. The SMILES string of the molecule is COc1cccc(OCC(=O)Nc2ccc(OC3CCN(C)CC3)nc2)c1. The summed E-state index contributed by atoms with van der Waals surface area (Å²) in [4.78, 5) is 18.6. The van der Waals surface area contributed by atoms with Crippen molar-refractivity contribution in [3.8, 4) is 17.4 Å². The second-order valence-corrected chi connectivity index (χ2v) is 6.52. The highest BCUT2D eigenvalue weighted by molar-refractivity contribution is 5.91. The van der Waals surface area contributed by atoms with Gasteiger partial charge in [0.15, 0.2) is 6.61 Å². The number of amides is 1. The Morgan fingerprint density at radius 1 is 1.22 bits per heavy atom. The van der Waals surface area contributed by atoms with E-state index in [9.17, 15) is 4.79 Å². The third kappa shape index (κ3) is 5.86. The normalized spacial score (nSPS) is 15.2. The van der Waals surface area contributed by atoms with Crippen molar-refractivity contribution in [3.63, 3.8) is 0 Å². The van der Waals surface area contributed by atoms with Gasteiger partial charge in [-0.2, -0.15) is 0 Å². The molecule has 2 heterocycles. The van der Waals surface area contributed by atoms with Crippen LogP contribution in [0.4, 0.5) is 5.69 Å². The summed E-state index contributed by atoms with van der Waals surface area (Å²) in [6, 6.07) is 10.7. The largest absolute Gasteiger partial charge is 0.497 e. The lowest BCUT2D eigenvalue weighted by Crippen LogP contribution is -2.35. The number of rotatable bonds is 7. The highest BCUT2D eigenvalue weighted by atomic mass is 16.5. The van der Waals surface area contributed by atoms with Crippen LogP contribution in [0.1, 0.15) is 12.8 Å². The van der Waals surface area contributed by atoms with Gasteiger partial charge >= 0.3 is 0 Å². The van der Waals surface area contributed by atoms with Crippen LogP contribution in [-0.2, 0) is 4.79 Å². The summed E-state index contributed by atoms with van der Waals surface area (Å²) in [7, 11) is 3.70. The third-order valence-corrected chi connectivity index (χ3v) is 4.38. The van der Waals surface area contributed by atoms with E-state index >= 15 is 0 Å². The molecule has 1 saturated heterocycles. The number of nitrogens with zero attached hydrogens (tertiary/aromatic N) is 2. The number of pyridine rings is 1. The minimum absolute atomic E-state index is 0.0962. The van der Waals surface area contributed by atoms with E-state index in [-0.39, 0.29) is 18.6 Å². The lowest BCUT2D eigenvalue weighted by molar-refractivity contribution is -0.118. The predicted octanol–water partition coefficient (Wildman–Crippen LogP) is 2.58. The van der Waals surface area contributed by atoms with Crippen LogP contribution in [0.5, 0.6) is 17.4 Å². The number of hydrogen-bond acceptors (Lipinski definition) is 6. The minimum Gasteiger partial charge on any atom is -0.497 e. The maximum Gasteiger partial charge on any atom is 0.262 e. The zero-order valence-corrected chi connectivity index (χ0v) is 15.7. The zero-order valence-electron chi connectivity index (χ0n) is 15.7. The fourth-order valence-electron chi connectivity index (χ4n) is 2.83. The van der Waals surface area contributed by atoms with Gasteiger partial charge in [0.05, 0.1) is 19.0 Å². The van der Waals surface area contributed by atoms with E-state index < -0.39 is 0 Å². The van der Waals surface area contributed by atoms with E-state index in [2.05, 4.69) is 22.2 Å². The highest BCUT2D eigenvalue weighted by Crippen LogP contribution is 2.20. The Balaban J connectivity index is 1.45. The maximum absolute atomic E-state index is 12.0. The summed E-state index contributed by atoms with van der Waals surface area (Å²) < 4.78 is 16.5. The van der Waals surface area contributed by atoms with Crippen molar-refractivity contribution in [3.05, 3.63) is 42.6 Å². The van der Waals surface area contributed by atoms with Gasteiger partial charge < -0.3 is 24.4 Å². The number of ether oxygens (including phenoxy) is 3. The van der Waals surface area contributed by atoms with E-state index in [0.717, 1.165) is 25.9 Å². The average Bonchev–Trinajstić information content (AvgIpc) is 2.70. The number of likely N-dealkylation sites (tertiary alicyclic amines) is 1. The zero-order chi connectivity index (χ0) is 19.1. The lowest BCUT2D eigenvalue weighted by Gasteiger charge is -2.28. The number of carbonyl (C=O) groups is 1. The molecule has 1 aliphatic rings. The molecule has 144 valence electrons. The molecule has 0 spiro atoms. The first-order valence-electron chi connectivity index (χ1n) is 9.00. The molecule has 7 heteroatoms. The molecule has 3 rings (SSSR count). The van der Waals surface area contributed by atoms with Crippen LogP contribution >= 0.6 is 0 Å². The monoisotopic (exact) mass is 371 g/mol. The molecule has 1 aromatic carbocycles. The van der Waals surface area contributed by atoms with E-state index in [1.807, 2.05) is 6.07 Å². The number of carbonyl (C=O) groups excluding carboxylic acids is 1. The Labute approximate surface area is 159 Å². The molecule has 0 atom stereocenters. The van der Waals surface area contributed by atoms with Crippen molar-refractivity contribution >= 4 is 11.6 Å².